The number of alkyl halides is 2. The van der Waals surface area contributed by atoms with Crippen LogP contribution in [0.25, 0.3) is 0 Å². The van der Waals surface area contributed by atoms with E-state index >= 15 is 0 Å². The Balaban J connectivity index is 2.18. The van der Waals surface area contributed by atoms with Gasteiger partial charge < -0.3 is 15.5 Å². The smallest absolute Gasteiger partial charge is 0.260 e. The third-order valence-corrected chi connectivity index (χ3v) is 3.64. The first kappa shape index (κ1) is 16.7. The van der Waals surface area contributed by atoms with Crippen molar-refractivity contribution in [1.29, 1.82) is 0 Å². The van der Waals surface area contributed by atoms with Crippen LogP contribution in [0.1, 0.15) is 36.7 Å². The number of rotatable bonds is 5. The molecule has 0 saturated heterocycles. The van der Waals surface area contributed by atoms with Crippen molar-refractivity contribution in [2.75, 3.05) is 26.0 Å². The van der Waals surface area contributed by atoms with Crippen LogP contribution in [0, 0.1) is 0 Å². The second kappa shape index (κ2) is 6.60. The van der Waals surface area contributed by atoms with E-state index < -0.39 is 12.5 Å². The largest absolute Gasteiger partial charge is 0.367 e. The van der Waals surface area contributed by atoms with Crippen LogP contribution >= 0.6 is 0 Å². The van der Waals surface area contributed by atoms with Gasteiger partial charge in [-0.15, -0.1) is 0 Å². The van der Waals surface area contributed by atoms with Gasteiger partial charge >= 0.3 is 0 Å². The molecular formula is C14H23F2N5O. The molecule has 1 amide bonds. The van der Waals surface area contributed by atoms with Crippen LogP contribution < -0.4 is 10.6 Å². The predicted molar refractivity (Wildman–Crippen MR) is 80.5 cm³/mol. The summed E-state index contributed by atoms with van der Waals surface area (Å²) in [5, 5.41) is 9.93. The summed E-state index contributed by atoms with van der Waals surface area (Å²) in [5.41, 5.74) is 0.308. The summed E-state index contributed by atoms with van der Waals surface area (Å²) in [6.07, 6.45) is -0.871. The highest BCUT2D eigenvalue weighted by Gasteiger charge is 2.34. The lowest BCUT2D eigenvalue weighted by Gasteiger charge is -2.30. The average molecular weight is 315 g/mol. The highest BCUT2D eigenvalue weighted by atomic mass is 19.3. The lowest BCUT2D eigenvalue weighted by molar-refractivity contribution is 0.0666. The Morgan fingerprint density at radius 2 is 2.27 bits per heavy atom. The van der Waals surface area contributed by atoms with Gasteiger partial charge in [0.05, 0.1) is 6.20 Å². The van der Waals surface area contributed by atoms with E-state index in [0.717, 1.165) is 0 Å². The van der Waals surface area contributed by atoms with E-state index in [9.17, 15) is 13.6 Å². The molecule has 0 fully saturated rings. The zero-order valence-corrected chi connectivity index (χ0v) is 13.3. The Kier molecular flexibility index (Phi) is 5.00. The van der Waals surface area contributed by atoms with E-state index in [2.05, 4.69) is 15.7 Å². The molecule has 2 N–H and O–H groups in total. The third-order valence-electron chi connectivity index (χ3n) is 3.64. The van der Waals surface area contributed by atoms with E-state index in [0.29, 0.717) is 17.9 Å². The number of nitrogens with one attached hydrogen (secondary N) is 2. The van der Waals surface area contributed by atoms with Gasteiger partial charge in [0.15, 0.2) is 0 Å². The van der Waals surface area contributed by atoms with Gasteiger partial charge in [0.2, 0.25) is 0 Å². The molecule has 0 radical (unpaired) electrons. The molecule has 0 saturated carbocycles. The van der Waals surface area contributed by atoms with Crippen LogP contribution in [-0.4, -0.2) is 59.7 Å². The number of hydrogen-bond acceptors (Lipinski definition) is 4. The highest BCUT2D eigenvalue weighted by Crippen LogP contribution is 2.33. The van der Waals surface area contributed by atoms with Crippen molar-refractivity contribution in [2.24, 2.45) is 0 Å². The number of nitrogens with zero attached hydrogens (tertiary/aromatic N) is 3. The highest BCUT2D eigenvalue weighted by molar-refractivity contribution is 5.99. The second-order valence-electron chi connectivity index (χ2n) is 6.17. The summed E-state index contributed by atoms with van der Waals surface area (Å²) in [4.78, 5) is 14.3. The Hall–Kier alpha value is -1.70. The van der Waals surface area contributed by atoms with E-state index in [1.54, 1.807) is 0 Å². The van der Waals surface area contributed by atoms with Crippen LogP contribution in [0.2, 0.25) is 0 Å². The van der Waals surface area contributed by atoms with Crippen molar-refractivity contribution in [1.82, 2.24) is 20.0 Å². The van der Waals surface area contributed by atoms with Crippen molar-refractivity contribution in [3.05, 3.63) is 11.8 Å². The average Bonchev–Trinajstić information content (AvgIpc) is 2.79. The molecule has 0 bridgehead atoms. The first-order chi connectivity index (χ1) is 10.3. The molecule has 1 aromatic rings. The Morgan fingerprint density at radius 1 is 1.59 bits per heavy atom. The van der Waals surface area contributed by atoms with Gasteiger partial charge in [0.1, 0.15) is 17.4 Å². The monoisotopic (exact) mass is 315 g/mol. The minimum absolute atomic E-state index is 0.0510. The van der Waals surface area contributed by atoms with E-state index in [1.165, 1.54) is 10.9 Å². The maximum Gasteiger partial charge on any atom is 0.260 e. The molecule has 8 heteroatoms. The minimum atomic E-state index is -2.51. The van der Waals surface area contributed by atoms with Gasteiger partial charge in [0, 0.05) is 18.6 Å². The summed E-state index contributed by atoms with van der Waals surface area (Å²) in [6.45, 7) is 4.41. The number of aromatic nitrogens is 2. The van der Waals surface area contributed by atoms with Crippen LogP contribution in [0.4, 0.5) is 14.6 Å². The topological polar surface area (TPSA) is 62.2 Å². The SMILES string of the molecule is C[C@@H](CN(C)C)NC(=O)c1cnn2c1N[C@@H](C)C[C@H]2C(F)F. The fraction of sp³-hybridized carbons (Fsp3) is 0.714. The number of halogens is 2. The van der Waals surface area contributed by atoms with Crippen LogP contribution in [0.15, 0.2) is 6.20 Å². The predicted octanol–water partition coefficient (Wildman–Crippen LogP) is 1.57. The van der Waals surface area contributed by atoms with Gasteiger partial charge in [-0.3, -0.25) is 4.79 Å². The molecule has 0 spiro atoms. The van der Waals surface area contributed by atoms with Crippen LogP contribution in [-0.2, 0) is 0 Å². The summed E-state index contributed by atoms with van der Waals surface area (Å²) < 4.78 is 27.5. The van der Waals surface area contributed by atoms with Crippen molar-refractivity contribution in [2.45, 2.75) is 44.8 Å². The molecule has 0 aliphatic carbocycles. The zero-order chi connectivity index (χ0) is 16.4. The molecule has 2 heterocycles. The van der Waals surface area contributed by atoms with Crippen molar-refractivity contribution < 1.29 is 13.6 Å². The number of anilines is 1. The third kappa shape index (κ3) is 3.55. The van der Waals surface area contributed by atoms with Crippen molar-refractivity contribution in [3.8, 4) is 0 Å². The van der Waals surface area contributed by atoms with Gasteiger partial charge in [-0.25, -0.2) is 13.5 Å². The number of carbonyl (C=O) groups is 1. The number of carbonyl (C=O) groups excluding carboxylic acids is 1. The normalized spacial score (nSPS) is 22.4. The van der Waals surface area contributed by atoms with Gasteiger partial charge in [-0.1, -0.05) is 0 Å². The first-order valence-corrected chi connectivity index (χ1v) is 7.37. The van der Waals surface area contributed by atoms with Gasteiger partial charge in [0.25, 0.3) is 12.3 Å². The summed E-state index contributed by atoms with van der Waals surface area (Å²) in [5.74, 6) is 0.0730. The summed E-state index contributed by atoms with van der Waals surface area (Å²) in [6, 6.07) is -1.18. The van der Waals surface area contributed by atoms with Crippen LogP contribution in [0.5, 0.6) is 0 Å². The maximum absolute atomic E-state index is 13.1. The molecule has 1 aromatic heterocycles. The quantitative estimate of drug-likeness (QED) is 0.866. The molecule has 22 heavy (non-hydrogen) atoms. The lowest BCUT2D eigenvalue weighted by atomic mass is 10.1. The van der Waals surface area contributed by atoms with Crippen LogP contribution in [0.3, 0.4) is 0 Å². The fourth-order valence-corrected chi connectivity index (χ4v) is 2.78. The number of amides is 1. The molecule has 1 aliphatic rings. The van der Waals surface area contributed by atoms with Crippen molar-refractivity contribution in [3.63, 3.8) is 0 Å². The first-order valence-electron chi connectivity index (χ1n) is 7.37. The number of likely N-dealkylation sites (N-methyl/N-ethyl adjacent to an activating group) is 1. The Bertz CT molecular complexity index is 531. The molecular weight excluding hydrogens is 292 g/mol. The standard InChI is InChI=1S/C14H23F2N5O/c1-8-5-11(12(15)16)21-13(18-8)10(6-17-21)14(22)19-9(2)7-20(3)4/h6,8-9,11-12,18H,5,7H2,1-4H3,(H,19,22)/t8-,9-,11-/m0/s1. The molecule has 0 unspecified atom stereocenters. The molecule has 1 aliphatic heterocycles. The minimum Gasteiger partial charge on any atom is -0.367 e. The van der Waals surface area contributed by atoms with Gasteiger partial charge in [-0.2, -0.15) is 5.10 Å². The fourth-order valence-electron chi connectivity index (χ4n) is 2.78. The van der Waals surface area contributed by atoms with Crippen molar-refractivity contribution >= 4 is 11.7 Å². The summed E-state index contributed by atoms with van der Waals surface area (Å²) in [7, 11) is 3.84. The maximum atomic E-state index is 13.1. The molecule has 3 atom stereocenters. The number of fused-ring (bicyclic) bond motifs is 1. The molecule has 2 rings (SSSR count). The van der Waals surface area contributed by atoms with E-state index in [4.69, 9.17) is 0 Å². The van der Waals surface area contributed by atoms with E-state index in [-0.39, 0.29) is 24.4 Å². The molecule has 6 nitrogen and oxygen atoms in total. The Morgan fingerprint density at radius 3 is 2.86 bits per heavy atom. The lowest BCUT2D eigenvalue weighted by Crippen LogP contribution is -2.40. The second-order valence-corrected chi connectivity index (χ2v) is 6.17. The molecule has 0 aromatic carbocycles. The Labute approximate surface area is 128 Å². The molecule has 124 valence electrons. The number of hydrogen-bond donors (Lipinski definition) is 2. The summed E-state index contributed by atoms with van der Waals surface area (Å²) >= 11 is 0. The zero-order valence-electron chi connectivity index (χ0n) is 13.3. The van der Waals surface area contributed by atoms with E-state index in [1.807, 2.05) is 32.8 Å². The van der Waals surface area contributed by atoms with Gasteiger partial charge in [-0.05, 0) is 34.4 Å².